The van der Waals surface area contributed by atoms with Crippen LogP contribution < -0.4 is 11.1 Å². The Labute approximate surface area is 118 Å². The number of anilines is 1. The van der Waals surface area contributed by atoms with E-state index in [1.54, 1.807) is 6.20 Å². The van der Waals surface area contributed by atoms with Crippen LogP contribution in [0.5, 0.6) is 0 Å². The molecular formula is C16H19N3O. The van der Waals surface area contributed by atoms with Crippen molar-refractivity contribution < 1.29 is 4.79 Å². The second-order valence-corrected chi connectivity index (χ2v) is 5.49. The molecule has 1 heterocycles. The number of pyridine rings is 1. The maximum Gasteiger partial charge on any atom is 0.227 e. The Morgan fingerprint density at radius 1 is 1.25 bits per heavy atom. The monoisotopic (exact) mass is 269 g/mol. The topological polar surface area (TPSA) is 68.0 Å². The molecule has 0 bridgehead atoms. The SMILES string of the molecule is NC1CCCC(C(=O)Nc2cccc3cccnc23)C1. The maximum absolute atomic E-state index is 12.4. The average Bonchev–Trinajstić information content (AvgIpc) is 2.47. The zero-order chi connectivity index (χ0) is 13.9. The number of nitrogens with two attached hydrogens (primary N) is 1. The summed E-state index contributed by atoms with van der Waals surface area (Å²) in [7, 11) is 0. The molecule has 1 saturated carbocycles. The van der Waals surface area contributed by atoms with Crippen molar-refractivity contribution in [2.24, 2.45) is 11.7 Å². The van der Waals surface area contributed by atoms with Crippen LogP contribution in [0.25, 0.3) is 10.9 Å². The third kappa shape index (κ3) is 2.65. The first-order valence-corrected chi connectivity index (χ1v) is 7.14. The highest BCUT2D eigenvalue weighted by Gasteiger charge is 2.25. The van der Waals surface area contributed by atoms with Gasteiger partial charge >= 0.3 is 0 Å². The van der Waals surface area contributed by atoms with Crippen LogP contribution in [-0.2, 0) is 4.79 Å². The van der Waals surface area contributed by atoms with Crippen LogP contribution >= 0.6 is 0 Å². The number of hydrogen-bond acceptors (Lipinski definition) is 3. The minimum absolute atomic E-state index is 0.0257. The smallest absolute Gasteiger partial charge is 0.227 e. The molecule has 1 aliphatic carbocycles. The predicted molar refractivity (Wildman–Crippen MR) is 80.3 cm³/mol. The highest BCUT2D eigenvalue weighted by Crippen LogP contribution is 2.26. The van der Waals surface area contributed by atoms with Gasteiger partial charge in [-0.25, -0.2) is 0 Å². The van der Waals surface area contributed by atoms with E-state index in [1.807, 2.05) is 30.3 Å². The first kappa shape index (κ1) is 13.1. The fourth-order valence-electron chi connectivity index (χ4n) is 2.91. The summed E-state index contributed by atoms with van der Waals surface area (Å²) in [5.41, 5.74) is 7.58. The van der Waals surface area contributed by atoms with E-state index in [9.17, 15) is 4.79 Å². The van der Waals surface area contributed by atoms with Crippen LogP contribution in [0.15, 0.2) is 36.5 Å². The lowest BCUT2D eigenvalue weighted by molar-refractivity contribution is -0.120. The van der Waals surface area contributed by atoms with Gasteiger partial charge in [0, 0.05) is 23.5 Å². The van der Waals surface area contributed by atoms with E-state index in [-0.39, 0.29) is 17.9 Å². The van der Waals surface area contributed by atoms with Gasteiger partial charge in [0.2, 0.25) is 5.91 Å². The van der Waals surface area contributed by atoms with Gasteiger partial charge in [-0.1, -0.05) is 24.6 Å². The first-order chi connectivity index (χ1) is 9.74. The Balaban J connectivity index is 1.80. The summed E-state index contributed by atoms with van der Waals surface area (Å²) >= 11 is 0. The molecule has 4 heteroatoms. The highest BCUT2D eigenvalue weighted by molar-refractivity contribution is 6.01. The van der Waals surface area contributed by atoms with Crippen LogP contribution in [0.3, 0.4) is 0 Å². The summed E-state index contributed by atoms with van der Waals surface area (Å²) in [6.07, 6.45) is 5.52. The molecule has 0 radical (unpaired) electrons. The number of amides is 1. The molecule has 1 aliphatic rings. The van der Waals surface area contributed by atoms with Gasteiger partial charge < -0.3 is 11.1 Å². The molecule has 20 heavy (non-hydrogen) atoms. The van der Waals surface area contributed by atoms with Gasteiger partial charge in [0.25, 0.3) is 0 Å². The summed E-state index contributed by atoms with van der Waals surface area (Å²) < 4.78 is 0. The number of hydrogen-bond donors (Lipinski definition) is 2. The van der Waals surface area contributed by atoms with Crippen molar-refractivity contribution in [2.45, 2.75) is 31.7 Å². The fraction of sp³-hybridized carbons (Fsp3) is 0.375. The number of nitrogens with one attached hydrogen (secondary N) is 1. The number of carbonyl (C=O) groups excluding carboxylic acids is 1. The standard InChI is InChI=1S/C16H19N3O/c17-13-7-1-5-12(10-13)16(20)19-14-8-2-4-11-6-3-9-18-15(11)14/h2-4,6,8-9,12-13H,1,5,7,10,17H2,(H,19,20). The highest BCUT2D eigenvalue weighted by atomic mass is 16.1. The zero-order valence-corrected chi connectivity index (χ0v) is 11.4. The number of benzene rings is 1. The lowest BCUT2D eigenvalue weighted by Crippen LogP contribution is -2.34. The molecule has 3 N–H and O–H groups in total. The van der Waals surface area contributed by atoms with Gasteiger partial charge in [-0.3, -0.25) is 9.78 Å². The number of aromatic nitrogens is 1. The van der Waals surface area contributed by atoms with Crippen LogP contribution in [0, 0.1) is 5.92 Å². The van der Waals surface area contributed by atoms with Gasteiger partial charge in [-0.05, 0) is 31.4 Å². The molecule has 0 aliphatic heterocycles. The van der Waals surface area contributed by atoms with E-state index >= 15 is 0 Å². The van der Waals surface area contributed by atoms with Crippen molar-refractivity contribution in [2.75, 3.05) is 5.32 Å². The molecule has 4 nitrogen and oxygen atoms in total. The molecular weight excluding hydrogens is 250 g/mol. The van der Waals surface area contributed by atoms with Crippen molar-refractivity contribution in [3.63, 3.8) is 0 Å². The number of rotatable bonds is 2. The van der Waals surface area contributed by atoms with E-state index in [2.05, 4.69) is 10.3 Å². The zero-order valence-electron chi connectivity index (χ0n) is 11.4. The van der Waals surface area contributed by atoms with Crippen molar-refractivity contribution in [1.82, 2.24) is 4.98 Å². The molecule has 1 aromatic carbocycles. The summed E-state index contributed by atoms with van der Waals surface area (Å²) in [6, 6.07) is 9.88. The van der Waals surface area contributed by atoms with Crippen LogP contribution in [-0.4, -0.2) is 16.9 Å². The van der Waals surface area contributed by atoms with Crippen molar-refractivity contribution in [3.05, 3.63) is 36.5 Å². The summed E-state index contributed by atoms with van der Waals surface area (Å²) in [5.74, 6) is 0.0935. The molecule has 2 unspecified atom stereocenters. The van der Waals surface area contributed by atoms with Gasteiger partial charge in [-0.2, -0.15) is 0 Å². The van der Waals surface area contributed by atoms with Crippen LogP contribution in [0.2, 0.25) is 0 Å². The molecule has 0 spiro atoms. The van der Waals surface area contributed by atoms with Gasteiger partial charge in [0.15, 0.2) is 0 Å². The lowest BCUT2D eigenvalue weighted by atomic mass is 9.85. The van der Waals surface area contributed by atoms with E-state index < -0.39 is 0 Å². The Morgan fingerprint density at radius 2 is 2.10 bits per heavy atom. The Kier molecular flexibility index (Phi) is 3.65. The number of fused-ring (bicyclic) bond motifs is 1. The molecule has 2 aromatic rings. The average molecular weight is 269 g/mol. The van der Waals surface area contributed by atoms with Crippen LogP contribution in [0.1, 0.15) is 25.7 Å². The van der Waals surface area contributed by atoms with Crippen molar-refractivity contribution >= 4 is 22.5 Å². The second-order valence-electron chi connectivity index (χ2n) is 5.49. The summed E-state index contributed by atoms with van der Waals surface area (Å²) in [6.45, 7) is 0. The molecule has 104 valence electrons. The largest absolute Gasteiger partial charge is 0.328 e. The lowest BCUT2D eigenvalue weighted by Gasteiger charge is -2.25. The molecule has 1 aromatic heterocycles. The summed E-state index contributed by atoms with van der Waals surface area (Å²) in [4.78, 5) is 16.7. The maximum atomic E-state index is 12.4. The number of para-hydroxylation sites is 1. The van der Waals surface area contributed by atoms with Gasteiger partial charge in [0.1, 0.15) is 0 Å². The molecule has 0 saturated heterocycles. The molecule has 3 rings (SSSR count). The quantitative estimate of drug-likeness (QED) is 0.880. The normalized spacial score (nSPS) is 22.6. The van der Waals surface area contributed by atoms with E-state index in [4.69, 9.17) is 5.73 Å². The number of carbonyl (C=O) groups is 1. The molecule has 1 amide bonds. The van der Waals surface area contributed by atoms with Crippen molar-refractivity contribution in [3.8, 4) is 0 Å². The minimum atomic E-state index is 0.0257. The van der Waals surface area contributed by atoms with Gasteiger partial charge in [-0.15, -0.1) is 0 Å². The Bertz CT molecular complexity index is 621. The first-order valence-electron chi connectivity index (χ1n) is 7.14. The van der Waals surface area contributed by atoms with E-state index in [0.717, 1.165) is 42.3 Å². The molecule has 2 atom stereocenters. The molecule has 1 fully saturated rings. The predicted octanol–water partition coefficient (Wildman–Crippen LogP) is 2.69. The van der Waals surface area contributed by atoms with Crippen molar-refractivity contribution in [1.29, 1.82) is 0 Å². The minimum Gasteiger partial charge on any atom is -0.328 e. The Hall–Kier alpha value is -1.94. The van der Waals surface area contributed by atoms with E-state index in [1.165, 1.54) is 0 Å². The van der Waals surface area contributed by atoms with Gasteiger partial charge in [0.05, 0.1) is 11.2 Å². The Morgan fingerprint density at radius 3 is 2.95 bits per heavy atom. The second kappa shape index (κ2) is 5.59. The van der Waals surface area contributed by atoms with E-state index in [0.29, 0.717) is 0 Å². The fourth-order valence-corrected chi connectivity index (χ4v) is 2.91. The summed E-state index contributed by atoms with van der Waals surface area (Å²) in [5, 5.41) is 4.05. The van der Waals surface area contributed by atoms with Crippen LogP contribution in [0.4, 0.5) is 5.69 Å². The third-order valence-electron chi connectivity index (χ3n) is 3.98. The number of nitrogens with zero attached hydrogens (tertiary/aromatic N) is 1. The third-order valence-corrected chi connectivity index (χ3v) is 3.98.